The second kappa shape index (κ2) is 12.4. The van der Waals surface area contributed by atoms with E-state index in [0.29, 0.717) is 11.4 Å². The van der Waals surface area contributed by atoms with Gasteiger partial charge >= 0.3 is 6.18 Å². The Labute approximate surface area is 234 Å². The molecule has 0 saturated heterocycles. The number of ether oxygens (including phenoxy) is 1. The lowest BCUT2D eigenvalue weighted by Crippen LogP contribution is -2.25. The first-order valence-electron chi connectivity index (χ1n) is 11.5. The molecule has 0 spiro atoms. The van der Waals surface area contributed by atoms with Crippen molar-refractivity contribution >= 4 is 40.9 Å². The smallest absolute Gasteiger partial charge is 0.416 e. The van der Waals surface area contributed by atoms with Gasteiger partial charge in [0.25, 0.3) is 5.91 Å². The third-order valence-electron chi connectivity index (χ3n) is 5.45. The lowest BCUT2D eigenvalue weighted by atomic mass is 10.2. The Hall–Kier alpha value is -4.10. The van der Waals surface area contributed by atoms with Gasteiger partial charge in [-0.15, -0.1) is 10.2 Å². The quantitative estimate of drug-likeness (QED) is 0.190. The molecule has 1 aromatic heterocycles. The number of carbonyl (C=O) groups is 2. The molecule has 0 bridgehead atoms. The monoisotopic (exact) mass is 593 g/mol. The van der Waals surface area contributed by atoms with Crippen LogP contribution in [0.4, 0.5) is 23.2 Å². The van der Waals surface area contributed by atoms with Crippen molar-refractivity contribution in [2.24, 2.45) is 0 Å². The number of thioether (sulfide) groups is 1. The zero-order chi connectivity index (χ0) is 28.9. The summed E-state index contributed by atoms with van der Waals surface area (Å²) in [6.07, 6.45) is -4.61. The van der Waals surface area contributed by atoms with Gasteiger partial charge in [-0.25, -0.2) is 4.39 Å². The predicted octanol–water partition coefficient (Wildman–Crippen LogP) is 5.75. The SMILES string of the molecule is COc1ccccc1-n1c(CNC(=O)c2ccccc2F)nnc1SCC(=O)Nc1cc(C(F)(F)F)ccc1Cl. The van der Waals surface area contributed by atoms with Gasteiger partial charge in [-0.1, -0.05) is 47.6 Å². The molecule has 40 heavy (non-hydrogen) atoms. The number of anilines is 1. The second-order valence-corrected chi connectivity index (χ2v) is 9.45. The number of methoxy groups -OCH3 is 1. The molecule has 0 aliphatic rings. The Morgan fingerprint density at radius 2 is 1.77 bits per heavy atom. The molecule has 3 aromatic carbocycles. The van der Waals surface area contributed by atoms with Crippen LogP contribution in [0.1, 0.15) is 21.7 Å². The largest absolute Gasteiger partial charge is 0.495 e. The van der Waals surface area contributed by atoms with Crippen molar-refractivity contribution in [2.45, 2.75) is 17.9 Å². The van der Waals surface area contributed by atoms with E-state index in [0.717, 1.165) is 30.0 Å². The lowest BCUT2D eigenvalue weighted by molar-refractivity contribution is -0.137. The summed E-state index contributed by atoms with van der Waals surface area (Å²) in [5.74, 6) is -1.57. The summed E-state index contributed by atoms with van der Waals surface area (Å²) in [5.41, 5.74) is -0.804. The predicted molar refractivity (Wildman–Crippen MR) is 141 cm³/mol. The highest BCUT2D eigenvalue weighted by Gasteiger charge is 2.31. The van der Waals surface area contributed by atoms with Gasteiger partial charge in [-0.2, -0.15) is 13.2 Å². The third kappa shape index (κ3) is 6.72. The van der Waals surface area contributed by atoms with Gasteiger partial charge < -0.3 is 15.4 Å². The highest BCUT2D eigenvalue weighted by atomic mass is 35.5. The van der Waals surface area contributed by atoms with Crippen LogP contribution in [0.25, 0.3) is 5.69 Å². The lowest BCUT2D eigenvalue weighted by Gasteiger charge is -2.14. The van der Waals surface area contributed by atoms with E-state index in [9.17, 15) is 27.2 Å². The molecule has 0 aliphatic carbocycles. The fourth-order valence-electron chi connectivity index (χ4n) is 3.58. The van der Waals surface area contributed by atoms with E-state index in [1.807, 2.05) is 0 Å². The highest BCUT2D eigenvalue weighted by molar-refractivity contribution is 7.99. The molecule has 0 radical (unpaired) electrons. The Morgan fingerprint density at radius 3 is 2.50 bits per heavy atom. The topological polar surface area (TPSA) is 98.1 Å². The van der Waals surface area contributed by atoms with Crippen LogP contribution in [0.5, 0.6) is 5.75 Å². The van der Waals surface area contributed by atoms with E-state index in [1.165, 1.54) is 31.4 Å². The molecule has 0 unspecified atom stereocenters. The van der Waals surface area contributed by atoms with Crippen LogP contribution in [-0.2, 0) is 17.5 Å². The van der Waals surface area contributed by atoms with Crippen molar-refractivity contribution in [2.75, 3.05) is 18.2 Å². The average Bonchev–Trinajstić information content (AvgIpc) is 3.33. The number of halogens is 5. The zero-order valence-corrected chi connectivity index (χ0v) is 22.2. The van der Waals surface area contributed by atoms with Gasteiger partial charge in [0.15, 0.2) is 11.0 Å². The molecule has 2 amide bonds. The van der Waals surface area contributed by atoms with Gasteiger partial charge in [-0.3, -0.25) is 14.2 Å². The third-order valence-corrected chi connectivity index (χ3v) is 6.71. The Morgan fingerprint density at radius 1 is 1.05 bits per heavy atom. The molecule has 4 aromatic rings. The maximum atomic E-state index is 14.0. The molecular formula is C26H20ClF4N5O3S. The molecule has 0 atom stereocenters. The molecule has 4 rings (SSSR count). The van der Waals surface area contributed by atoms with Crippen molar-refractivity contribution in [1.82, 2.24) is 20.1 Å². The number of hydrogen-bond acceptors (Lipinski definition) is 6. The minimum absolute atomic E-state index is 0.0589. The summed E-state index contributed by atoms with van der Waals surface area (Å²) < 4.78 is 60.2. The van der Waals surface area contributed by atoms with Gasteiger partial charge in [0, 0.05) is 0 Å². The van der Waals surface area contributed by atoms with Gasteiger partial charge in [0.1, 0.15) is 11.6 Å². The first-order valence-corrected chi connectivity index (χ1v) is 12.8. The number of hydrogen-bond donors (Lipinski definition) is 2. The minimum Gasteiger partial charge on any atom is -0.495 e. The summed E-state index contributed by atoms with van der Waals surface area (Å²) in [5, 5.41) is 13.4. The van der Waals surface area contributed by atoms with Crippen LogP contribution < -0.4 is 15.4 Å². The number of para-hydroxylation sites is 2. The van der Waals surface area contributed by atoms with Crippen molar-refractivity contribution in [3.05, 3.63) is 94.5 Å². The van der Waals surface area contributed by atoms with E-state index < -0.39 is 29.4 Å². The van der Waals surface area contributed by atoms with E-state index in [4.69, 9.17) is 16.3 Å². The summed E-state index contributed by atoms with van der Waals surface area (Å²) in [7, 11) is 1.46. The minimum atomic E-state index is -4.61. The average molecular weight is 594 g/mol. The summed E-state index contributed by atoms with van der Waals surface area (Å²) in [6, 6.07) is 15.0. The second-order valence-electron chi connectivity index (χ2n) is 8.10. The van der Waals surface area contributed by atoms with Gasteiger partial charge in [0.2, 0.25) is 5.91 Å². The number of benzene rings is 3. The molecular weight excluding hydrogens is 574 g/mol. The number of amides is 2. The Kier molecular flexibility index (Phi) is 8.95. The Bertz CT molecular complexity index is 1550. The maximum absolute atomic E-state index is 14.0. The van der Waals surface area contributed by atoms with E-state index in [1.54, 1.807) is 28.8 Å². The van der Waals surface area contributed by atoms with Crippen LogP contribution in [0.2, 0.25) is 5.02 Å². The van der Waals surface area contributed by atoms with Crippen LogP contribution >= 0.6 is 23.4 Å². The first-order chi connectivity index (χ1) is 19.1. The molecule has 208 valence electrons. The summed E-state index contributed by atoms with van der Waals surface area (Å²) >= 11 is 6.92. The molecule has 2 N–H and O–H groups in total. The van der Waals surface area contributed by atoms with E-state index >= 15 is 0 Å². The van der Waals surface area contributed by atoms with Crippen LogP contribution in [0.15, 0.2) is 71.9 Å². The molecule has 14 heteroatoms. The normalized spacial score (nSPS) is 11.2. The molecule has 0 saturated carbocycles. The van der Waals surface area contributed by atoms with Gasteiger partial charge in [-0.05, 0) is 42.5 Å². The highest BCUT2D eigenvalue weighted by Crippen LogP contribution is 2.34. The Balaban J connectivity index is 1.55. The number of rotatable bonds is 9. The van der Waals surface area contributed by atoms with E-state index in [-0.39, 0.29) is 39.6 Å². The maximum Gasteiger partial charge on any atom is 0.416 e. The summed E-state index contributed by atoms with van der Waals surface area (Å²) in [4.78, 5) is 25.2. The molecule has 1 heterocycles. The van der Waals surface area contributed by atoms with Crippen molar-refractivity contribution < 1.29 is 31.9 Å². The first kappa shape index (κ1) is 28.9. The fraction of sp³-hybridized carbons (Fsp3) is 0.154. The molecule has 0 aliphatic heterocycles. The number of nitrogens with zero attached hydrogens (tertiary/aromatic N) is 3. The van der Waals surface area contributed by atoms with Crippen LogP contribution in [-0.4, -0.2) is 39.4 Å². The number of aromatic nitrogens is 3. The number of nitrogens with one attached hydrogen (secondary N) is 2. The van der Waals surface area contributed by atoms with Crippen LogP contribution in [0.3, 0.4) is 0 Å². The van der Waals surface area contributed by atoms with Crippen LogP contribution in [0, 0.1) is 5.82 Å². The number of alkyl halides is 3. The number of carbonyl (C=O) groups excluding carboxylic acids is 2. The van der Waals surface area contributed by atoms with Gasteiger partial charge in [0.05, 0.1) is 46.9 Å². The molecule has 0 fully saturated rings. The van der Waals surface area contributed by atoms with Crippen molar-refractivity contribution in [3.8, 4) is 11.4 Å². The standard InChI is InChI=1S/C26H20ClF4N5O3S/c1-39-21-9-5-4-8-20(21)36-22(13-32-24(38)16-6-2-3-7-18(16)28)34-35-25(36)40-14-23(37)33-19-12-15(26(29,30)31)10-11-17(19)27/h2-12H,13-14H2,1H3,(H,32,38)(H,33,37). The van der Waals surface area contributed by atoms with E-state index in [2.05, 4.69) is 20.8 Å². The fourth-order valence-corrected chi connectivity index (χ4v) is 4.51. The van der Waals surface area contributed by atoms with Crippen molar-refractivity contribution in [1.29, 1.82) is 0 Å². The summed E-state index contributed by atoms with van der Waals surface area (Å²) in [6.45, 7) is -0.148. The van der Waals surface area contributed by atoms with Crippen molar-refractivity contribution in [3.63, 3.8) is 0 Å². The molecule has 8 nitrogen and oxygen atoms in total. The zero-order valence-electron chi connectivity index (χ0n) is 20.6.